The van der Waals surface area contributed by atoms with Crippen molar-refractivity contribution in [2.75, 3.05) is 6.54 Å². The van der Waals surface area contributed by atoms with Crippen LogP contribution in [-0.4, -0.2) is 24.5 Å². The quantitative estimate of drug-likeness (QED) is 0.780. The molecule has 2 aliphatic rings. The van der Waals surface area contributed by atoms with Crippen LogP contribution in [0.25, 0.3) is 0 Å². The Hall–Kier alpha value is -1.58. The number of benzene rings is 2. The third kappa shape index (κ3) is 1.68. The van der Waals surface area contributed by atoms with Gasteiger partial charge in [-0.25, -0.2) is 0 Å². The highest BCUT2D eigenvalue weighted by Gasteiger charge is 2.61. The molecular weight excluding hydrogens is 257 g/mol. The molecule has 0 saturated carbocycles. The van der Waals surface area contributed by atoms with Gasteiger partial charge in [-0.2, -0.15) is 0 Å². The lowest BCUT2D eigenvalue weighted by atomic mass is 9.71. The predicted molar refractivity (Wildman–Crippen MR) is 84.8 cm³/mol. The second-order valence-electron chi connectivity index (χ2n) is 6.21. The molecule has 2 aromatic carbocycles. The largest absolute Gasteiger partial charge is 0.409 e. The first-order valence-corrected chi connectivity index (χ1v) is 7.66. The molecule has 2 fully saturated rings. The van der Waals surface area contributed by atoms with Crippen molar-refractivity contribution >= 4 is 7.62 Å². The summed E-state index contributed by atoms with van der Waals surface area (Å²) in [5.74, 6) is 0. The summed E-state index contributed by atoms with van der Waals surface area (Å²) in [6.45, 7) is 3.42. The van der Waals surface area contributed by atoms with Crippen LogP contribution in [0.3, 0.4) is 0 Å². The summed E-state index contributed by atoms with van der Waals surface area (Å²) in [7, 11) is 1.95. The average Bonchev–Trinajstić information content (AvgIpc) is 3.04. The van der Waals surface area contributed by atoms with Gasteiger partial charge in [0, 0.05) is 5.54 Å². The molecule has 0 spiro atoms. The van der Waals surface area contributed by atoms with Gasteiger partial charge in [-0.1, -0.05) is 60.7 Å². The Kier molecular flexibility index (Phi) is 2.95. The molecule has 4 rings (SSSR count). The van der Waals surface area contributed by atoms with Gasteiger partial charge >= 0.3 is 7.62 Å². The van der Waals surface area contributed by atoms with Crippen molar-refractivity contribution in [3.05, 3.63) is 71.8 Å². The van der Waals surface area contributed by atoms with E-state index >= 15 is 0 Å². The van der Waals surface area contributed by atoms with E-state index in [-0.39, 0.29) is 5.54 Å². The molecule has 0 aliphatic carbocycles. The highest BCUT2D eigenvalue weighted by molar-refractivity contribution is 6.25. The minimum atomic E-state index is -0.411. The van der Waals surface area contributed by atoms with Gasteiger partial charge < -0.3 is 9.47 Å². The van der Waals surface area contributed by atoms with Crippen molar-refractivity contribution < 1.29 is 4.65 Å². The van der Waals surface area contributed by atoms with Gasteiger partial charge in [0.15, 0.2) is 0 Å². The molecule has 0 amide bonds. The molecule has 0 bridgehead atoms. The molecule has 0 N–H and O–H groups in total. The van der Waals surface area contributed by atoms with Gasteiger partial charge in [-0.15, -0.1) is 0 Å². The zero-order chi connectivity index (χ0) is 14.3. The average molecular weight is 276 g/mol. The number of hydrogen-bond acceptors (Lipinski definition) is 2. The van der Waals surface area contributed by atoms with E-state index in [0.29, 0.717) is 0 Å². The van der Waals surface area contributed by atoms with Crippen molar-refractivity contribution in [3.8, 4) is 0 Å². The topological polar surface area (TPSA) is 12.5 Å². The van der Waals surface area contributed by atoms with Gasteiger partial charge in [0.2, 0.25) is 0 Å². The van der Waals surface area contributed by atoms with Crippen LogP contribution in [0, 0.1) is 0 Å². The van der Waals surface area contributed by atoms with Gasteiger partial charge in [-0.05, 0) is 37.4 Å². The maximum atomic E-state index is 6.38. The Morgan fingerprint density at radius 1 is 0.952 bits per heavy atom. The van der Waals surface area contributed by atoms with E-state index in [9.17, 15) is 0 Å². The lowest BCUT2D eigenvalue weighted by Gasteiger charge is -2.44. The fraction of sp³-hybridized carbons (Fsp3) is 0.333. The molecule has 1 radical (unpaired) electrons. The zero-order valence-electron chi connectivity index (χ0n) is 12.3. The summed E-state index contributed by atoms with van der Waals surface area (Å²) >= 11 is 0. The van der Waals surface area contributed by atoms with Gasteiger partial charge in [0.1, 0.15) is 5.60 Å². The summed E-state index contributed by atoms with van der Waals surface area (Å²) in [4.78, 5) is 2.38. The standard InChI is InChI=1S/C18H19BNO/c1-17-13-8-14-20(17)19-21-18(17,15-9-4-2-5-10-15)16-11-6-3-7-12-16/h2-7,9-12H,8,13-14H2,1H3/t17-/m0/s1. The van der Waals surface area contributed by atoms with E-state index in [1.54, 1.807) is 0 Å². The lowest BCUT2D eigenvalue weighted by Crippen LogP contribution is -2.51. The Labute approximate surface area is 127 Å². The second kappa shape index (κ2) is 4.72. The summed E-state index contributed by atoms with van der Waals surface area (Å²) in [6, 6.07) is 21.3. The highest BCUT2D eigenvalue weighted by atomic mass is 16.5. The minimum absolute atomic E-state index is 0.0181. The summed E-state index contributed by atoms with van der Waals surface area (Å²) in [5.41, 5.74) is 2.04. The van der Waals surface area contributed by atoms with Crippen LogP contribution in [0.4, 0.5) is 0 Å². The van der Waals surface area contributed by atoms with Crippen LogP contribution in [-0.2, 0) is 10.3 Å². The van der Waals surface area contributed by atoms with E-state index < -0.39 is 5.60 Å². The molecule has 2 nitrogen and oxygen atoms in total. The van der Waals surface area contributed by atoms with E-state index in [1.165, 1.54) is 17.5 Å². The van der Waals surface area contributed by atoms with Crippen molar-refractivity contribution in [2.24, 2.45) is 0 Å². The van der Waals surface area contributed by atoms with Crippen LogP contribution in [0.15, 0.2) is 60.7 Å². The molecule has 2 aromatic rings. The number of fused-ring (bicyclic) bond motifs is 1. The van der Waals surface area contributed by atoms with Crippen molar-refractivity contribution in [2.45, 2.75) is 30.9 Å². The molecule has 2 heterocycles. The summed E-state index contributed by atoms with van der Waals surface area (Å²) < 4.78 is 6.38. The van der Waals surface area contributed by atoms with Gasteiger partial charge in [0.25, 0.3) is 0 Å². The summed E-state index contributed by atoms with van der Waals surface area (Å²) in [6.07, 6.45) is 2.37. The van der Waals surface area contributed by atoms with Crippen LogP contribution in [0.5, 0.6) is 0 Å². The van der Waals surface area contributed by atoms with Crippen LogP contribution >= 0.6 is 0 Å². The predicted octanol–water partition coefficient (Wildman–Crippen LogP) is 3.35. The van der Waals surface area contributed by atoms with E-state index in [0.717, 1.165) is 13.0 Å². The van der Waals surface area contributed by atoms with E-state index in [2.05, 4.69) is 72.4 Å². The molecule has 3 heteroatoms. The number of rotatable bonds is 2. The van der Waals surface area contributed by atoms with Crippen LogP contribution in [0.1, 0.15) is 30.9 Å². The normalized spacial score (nSPS) is 27.3. The molecular formula is C18H19BNO. The molecule has 0 unspecified atom stereocenters. The minimum Gasteiger partial charge on any atom is -0.409 e. The molecule has 2 saturated heterocycles. The molecule has 1 atom stereocenters. The number of nitrogens with zero attached hydrogens (tertiary/aromatic N) is 1. The fourth-order valence-corrected chi connectivity index (χ4v) is 4.07. The molecule has 21 heavy (non-hydrogen) atoms. The third-order valence-electron chi connectivity index (χ3n) is 5.17. The van der Waals surface area contributed by atoms with Gasteiger partial charge in [-0.3, -0.25) is 0 Å². The summed E-state index contributed by atoms with van der Waals surface area (Å²) in [5, 5.41) is 0. The van der Waals surface area contributed by atoms with Crippen LogP contribution in [0.2, 0.25) is 0 Å². The lowest BCUT2D eigenvalue weighted by molar-refractivity contribution is 0.0478. The Bertz CT molecular complexity index is 591. The first kappa shape index (κ1) is 13.1. The zero-order valence-corrected chi connectivity index (χ0v) is 12.3. The smallest absolute Gasteiger partial charge is 0.400 e. The maximum Gasteiger partial charge on any atom is 0.400 e. The first-order chi connectivity index (χ1) is 10.3. The molecule has 105 valence electrons. The molecule has 2 aliphatic heterocycles. The van der Waals surface area contributed by atoms with Crippen molar-refractivity contribution in [1.82, 2.24) is 4.81 Å². The highest BCUT2D eigenvalue weighted by Crippen LogP contribution is 2.53. The van der Waals surface area contributed by atoms with Gasteiger partial charge in [0.05, 0.1) is 0 Å². The van der Waals surface area contributed by atoms with Crippen molar-refractivity contribution in [1.29, 1.82) is 0 Å². The molecule has 0 aromatic heterocycles. The van der Waals surface area contributed by atoms with Crippen LogP contribution < -0.4 is 0 Å². The van der Waals surface area contributed by atoms with E-state index in [4.69, 9.17) is 4.65 Å². The monoisotopic (exact) mass is 276 g/mol. The maximum absolute atomic E-state index is 6.38. The Balaban J connectivity index is 1.96. The number of hydrogen-bond donors (Lipinski definition) is 0. The fourth-order valence-electron chi connectivity index (χ4n) is 4.07. The SMILES string of the molecule is C[C@@]12CCCN1[B]OC2(c1ccccc1)c1ccccc1. The Morgan fingerprint density at radius 3 is 2.10 bits per heavy atom. The van der Waals surface area contributed by atoms with Crippen molar-refractivity contribution in [3.63, 3.8) is 0 Å². The second-order valence-corrected chi connectivity index (χ2v) is 6.21. The Morgan fingerprint density at radius 2 is 1.52 bits per heavy atom. The first-order valence-electron chi connectivity index (χ1n) is 7.66. The van der Waals surface area contributed by atoms with E-state index in [1.807, 2.05) is 7.62 Å². The third-order valence-corrected chi connectivity index (χ3v) is 5.17.